The molecule has 9 nitrogen and oxygen atoms in total. The quantitative estimate of drug-likeness (QED) is 0.333. The summed E-state index contributed by atoms with van der Waals surface area (Å²) >= 11 is 6.84. The number of esters is 2. The summed E-state index contributed by atoms with van der Waals surface area (Å²) in [5.74, 6) is -1.27. The van der Waals surface area contributed by atoms with Crippen LogP contribution in [0.3, 0.4) is 0 Å². The lowest BCUT2D eigenvalue weighted by Crippen LogP contribution is -2.36. The van der Waals surface area contributed by atoms with Crippen LogP contribution >= 0.6 is 31.9 Å². The van der Waals surface area contributed by atoms with Gasteiger partial charge >= 0.3 is 11.9 Å². The molecule has 33 heavy (non-hydrogen) atoms. The van der Waals surface area contributed by atoms with E-state index in [0.29, 0.717) is 20.4 Å². The first-order chi connectivity index (χ1) is 15.6. The lowest BCUT2D eigenvalue weighted by molar-refractivity contribution is -0.159. The van der Waals surface area contributed by atoms with Crippen molar-refractivity contribution in [2.24, 2.45) is 5.73 Å². The second-order valence-electron chi connectivity index (χ2n) is 7.22. The maximum atomic E-state index is 12.4. The molecule has 0 aliphatic heterocycles. The molecule has 172 valence electrons. The van der Waals surface area contributed by atoms with E-state index in [-0.39, 0.29) is 5.56 Å². The van der Waals surface area contributed by atoms with Crippen molar-refractivity contribution in [3.05, 3.63) is 56.1 Å². The van der Waals surface area contributed by atoms with E-state index in [0.717, 1.165) is 22.2 Å². The van der Waals surface area contributed by atoms with Crippen molar-refractivity contribution < 1.29 is 23.9 Å². The molecule has 1 atom stereocenters. The smallest absolute Gasteiger partial charge is 0.333 e. The van der Waals surface area contributed by atoms with Crippen LogP contribution in [0, 0.1) is 13.8 Å². The summed E-state index contributed by atoms with van der Waals surface area (Å²) in [6, 6.07) is 7.64. The SMILES string of the molecule is Cc1nnc2ccc(Oc3c(Br)cc(C(=O)NCC(=O)OC(=O)[C@H](C)N)cc3Br)cc2c1C. The Kier molecular flexibility index (Phi) is 7.77. The fourth-order valence-electron chi connectivity index (χ4n) is 2.77. The van der Waals surface area contributed by atoms with Gasteiger partial charge in [-0.15, -0.1) is 0 Å². The van der Waals surface area contributed by atoms with E-state index < -0.39 is 30.4 Å². The van der Waals surface area contributed by atoms with Crippen LogP contribution in [0.5, 0.6) is 11.5 Å². The highest BCUT2D eigenvalue weighted by Crippen LogP contribution is 2.38. The number of halogens is 2. The Labute approximate surface area is 206 Å². The third-order valence-corrected chi connectivity index (χ3v) is 5.86. The van der Waals surface area contributed by atoms with Crippen molar-refractivity contribution in [1.29, 1.82) is 0 Å². The third-order valence-electron chi connectivity index (χ3n) is 4.68. The number of hydrogen-bond acceptors (Lipinski definition) is 8. The second kappa shape index (κ2) is 10.4. The number of nitrogens with one attached hydrogen (secondary N) is 1. The molecule has 0 aliphatic rings. The van der Waals surface area contributed by atoms with E-state index in [1.54, 1.807) is 18.2 Å². The average molecular weight is 580 g/mol. The van der Waals surface area contributed by atoms with E-state index in [9.17, 15) is 14.4 Å². The average Bonchev–Trinajstić information content (AvgIpc) is 2.77. The maximum absolute atomic E-state index is 12.4. The van der Waals surface area contributed by atoms with E-state index in [1.165, 1.54) is 6.92 Å². The summed E-state index contributed by atoms with van der Waals surface area (Å²) in [7, 11) is 0. The number of nitrogens with two attached hydrogens (primary N) is 1. The number of hydrogen-bond donors (Lipinski definition) is 2. The summed E-state index contributed by atoms with van der Waals surface area (Å²) in [5.41, 5.74) is 8.20. The van der Waals surface area contributed by atoms with Crippen LogP contribution in [0.2, 0.25) is 0 Å². The number of carbonyl (C=O) groups is 3. The Morgan fingerprint density at radius 3 is 2.39 bits per heavy atom. The number of nitrogens with zero attached hydrogens (tertiary/aromatic N) is 2. The fourth-order valence-corrected chi connectivity index (χ4v) is 4.12. The number of carbonyl (C=O) groups excluding carboxylic acids is 3. The van der Waals surface area contributed by atoms with Gasteiger partial charge in [-0.25, -0.2) is 9.59 Å². The number of fused-ring (bicyclic) bond motifs is 1. The maximum Gasteiger partial charge on any atom is 0.333 e. The standard InChI is InChI=1S/C22H20Br2N4O5/c1-10-12(3)27-28-18-5-4-14(8-15(10)18)32-20-16(23)6-13(7-17(20)24)21(30)26-9-19(29)33-22(31)11(2)25/h4-8,11H,9,25H2,1-3H3,(H,26,30)/t11-/m0/s1. The summed E-state index contributed by atoms with van der Waals surface area (Å²) in [5, 5.41) is 11.6. The molecular weight excluding hydrogens is 560 g/mol. The minimum Gasteiger partial charge on any atom is -0.455 e. The molecule has 0 radical (unpaired) electrons. The molecule has 0 bridgehead atoms. The van der Waals surface area contributed by atoms with Gasteiger partial charge in [-0.2, -0.15) is 10.2 Å². The molecule has 1 heterocycles. The van der Waals surface area contributed by atoms with Gasteiger partial charge in [0.2, 0.25) is 0 Å². The van der Waals surface area contributed by atoms with Gasteiger partial charge in [0.05, 0.1) is 20.2 Å². The molecule has 3 N–H and O–H groups in total. The van der Waals surface area contributed by atoms with E-state index in [1.807, 2.05) is 26.0 Å². The van der Waals surface area contributed by atoms with Crippen LogP contribution in [-0.2, 0) is 14.3 Å². The predicted molar refractivity (Wildman–Crippen MR) is 128 cm³/mol. The van der Waals surface area contributed by atoms with Crippen LogP contribution < -0.4 is 15.8 Å². The van der Waals surface area contributed by atoms with Crippen LogP contribution in [0.15, 0.2) is 39.3 Å². The molecule has 0 spiro atoms. The zero-order chi connectivity index (χ0) is 24.3. The molecular formula is C22H20Br2N4O5. The van der Waals surface area contributed by atoms with Gasteiger partial charge in [-0.05, 0) is 88.5 Å². The molecule has 0 unspecified atom stereocenters. The lowest BCUT2D eigenvalue weighted by Gasteiger charge is -2.13. The highest BCUT2D eigenvalue weighted by atomic mass is 79.9. The Morgan fingerprint density at radius 2 is 1.76 bits per heavy atom. The van der Waals surface area contributed by atoms with Gasteiger partial charge in [0, 0.05) is 10.9 Å². The topological polar surface area (TPSA) is 134 Å². The monoisotopic (exact) mass is 578 g/mol. The van der Waals surface area contributed by atoms with Crippen LogP contribution in [0.25, 0.3) is 10.9 Å². The van der Waals surface area contributed by atoms with Gasteiger partial charge < -0.3 is 20.5 Å². The van der Waals surface area contributed by atoms with Crippen molar-refractivity contribution >= 4 is 60.6 Å². The largest absolute Gasteiger partial charge is 0.455 e. The summed E-state index contributed by atoms with van der Waals surface area (Å²) in [6.07, 6.45) is 0. The number of benzene rings is 2. The van der Waals surface area contributed by atoms with Crippen LogP contribution in [-0.4, -0.2) is 40.6 Å². The number of aryl methyl sites for hydroxylation is 2. The summed E-state index contributed by atoms with van der Waals surface area (Å²) in [6.45, 7) is 4.77. The molecule has 1 amide bonds. The van der Waals surface area contributed by atoms with Gasteiger partial charge in [0.1, 0.15) is 18.3 Å². The molecule has 0 saturated heterocycles. The minimum atomic E-state index is -0.937. The number of rotatable bonds is 6. The van der Waals surface area contributed by atoms with Crippen molar-refractivity contribution in [2.45, 2.75) is 26.8 Å². The molecule has 0 aliphatic carbocycles. The lowest BCUT2D eigenvalue weighted by atomic mass is 10.1. The zero-order valence-electron chi connectivity index (χ0n) is 17.9. The Hall–Kier alpha value is -2.89. The molecule has 1 aromatic heterocycles. The number of aromatic nitrogens is 2. The first-order valence-corrected chi connectivity index (χ1v) is 11.3. The second-order valence-corrected chi connectivity index (χ2v) is 8.93. The van der Waals surface area contributed by atoms with Crippen LogP contribution in [0.1, 0.15) is 28.5 Å². The third kappa shape index (κ3) is 5.92. The highest BCUT2D eigenvalue weighted by Gasteiger charge is 2.18. The Bertz CT molecular complexity index is 1240. The summed E-state index contributed by atoms with van der Waals surface area (Å²) < 4.78 is 11.6. The van der Waals surface area contributed by atoms with E-state index in [2.05, 4.69) is 52.1 Å². The fraction of sp³-hybridized carbons (Fsp3) is 0.227. The van der Waals surface area contributed by atoms with Crippen molar-refractivity contribution in [2.75, 3.05) is 6.54 Å². The van der Waals surface area contributed by atoms with Crippen molar-refractivity contribution in [3.63, 3.8) is 0 Å². The van der Waals surface area contributed by atoms with Gasteiger partial charge in [-0.3, -0.25) is 4.79 Å². The van der Waals surface area contributed by atoms with E-state index >= 15 is 0 Å². The normalized spacial score (nSPS) is 11.7. The molecule has 2 aromatic carbocycles. The number of amides is 1. The van der Waals surface area contributed by atoms with Crippen molar-refractivity contribution in [3.8, 4) is 11.5 Å². The Morgan fingerprint density at radius 1 is 1.09 bits per heavy atom. The Balaban J connectivity index is 1.74. The molecule has 3 aromatic rings. The molecule has 11 heteroatoms. The van der Waals surface area contributed by atoms with Crippen molar-refractivity contribution in [1.82, 2.24) is 15.5 Å². The van der Waals surface area contributed by atoms with Crippen LogP contribution in [0.4, 0.5) is 0 Å². The van der Waals surface area contributed by atoms with E-state index in [4.69, 9.17) is 10.5 Å². The molecule has 3 rings (SSSR count). The summed E-state index contributed by atoms with van der Waals surface area (Å²) in [4.78, 5) is 35.4. The minimum absolute atomic E-state index is 0.257. The van der Waals surface area contributed by atoms with Gasteiger partial charge in [0.15, 0.2) is 5.75 Å². The molecule has 0 saturated carbocycles. The first kappa shape index (κ1) is 24.7. The predicted octanol–water partition coefficient (Wildman–Crippen LogP) is 3.71. The number of ether oxygens (including phenoxy) is 2. The highest BCUT2D eigenvalue weighted by molar-refractivity contribution is 9.11. The first-order valence-electron chi connectivity index (χ1n) is 9.75. The molecule has 0 fully saturated rings. The van der Waals surface area contributed by atoms with Gasteiger partial charge in [-0.1, -0.05) is 0 Å². The van der Waals surface area contributed by atoms with Gasteiger partial charge in [0.25, 0.3) is 5.91 Å². The zero-order valence-corrected chi connectivity index (χ0v) is 21.1.